The maximum absolute atomic E-state index is 12.8. The van der Waals surface area contributed by atoms with E-state index in [0.717, 1.165) is 0 Å². The van der Waals surface area contributed by atoms with Gasteiger partial charge in [0.05, 0.1) is 18.9 Å². The molecule has 0 heterocycles. The van der Waals surface area contributed by atoms with Crippen LogP contribution in [0, 0.1) is 11.8 Å². The molecule has 0 bridgehead atoms. The predicted molar refractivity (Wildman–Crippen MR) is 107 cm³/mol. The van der Waals surface area contributed by atoms with Crippen molar-refractivity contribution >= 4 is 34.8 Å². The molecule has 0 aliphatic heterocycles. The van der Waals surface area contributed by atoms with Crippen LogP contribution in [0.5, 0.6) is 5.75 Å². The summed E-state index contributed by atoms with van der Waals surface area (Å²) in [6, 6.07) is 14.1. The van der Waals surface area contributed by atoms with Crippen molar-refractivity contribution in [2.45, 2.75) is 12.8 Å². The molecule has 2 atom stereocenters. The van der Waals surface area contributed by atoms with Crippen molar-refractivity contribution in [3.8, 4) is 5.75 Å². The van der Waals surface area contributed by atoms with Gasteiger partial charge in [-0.25, -0.2) is 0 Å². The van der Waals surface area contributed by atoms with Crippen LogP contribution >= 0.6 is 11.6 Å². The SMILES string of the molecule is COc1cccc(NC(=O)C2CC=CCC2C(=O)Nc2ccc(Cl)cc2)c1. The molecule has 140 valence electrons. The average molecular weight is 385 g/mol. The van der Waals surface area contributed by atoms with E-state index in [4.69, 9.17) is 16.3 Å². The highest BCUT2D eigenvalue weighted by atomic mass is 35.5. The number of halogens is 1. The molecule has 2 aromatic rings. The highest BCUT2D eigenvalue weighted by Gasteiger charge is 2.34. The number of benzene rings is 2. The van der Waals surface area contributed by atoms with E-state index in [-0.39, 0.29) is 11.8 Å². The fourth-order valence-corrected chi connectivity index (χ4v) is 3.22. The summed E-state index contributed by atoms with van der Waals surface area (Å²) in [5.41, 5.74) is 1.30. The molecule has 2 N–H and O–H groups in total. The summed E-state index contributed by atoms with van der Waals surface area (Å²) in [6.07, 6.45) is 4.94. The molecule has 2 amide bonds. The lowest BCUT2D eigenvalue weighted by atomic mass is 9.81. The highest BCUT2D eigenvalue weighted by molar-refractivity contribution is 6.30. The summed E-state index contributed by atoms with van der Waals surface area (Å²) in [6.45, 7) is 0. The maximum Gasteiger partial charge on any atom is 0.228 e. The molecule has 0 spiro atoms. The zero-order chi connectivity index (χ0) is 19.2. The van der Waals surface area contributed by atoms with E-state index in [9.17, 15) is 9.59 Å². The van der Waals surface area contributed by atoms with Crippen molar-refractivity contribution in [1.29, 1.82) is 0 Å². The Hall–Kier alpha value is -2.79. The van der Waals surface area contributed by atoms with Crippen LogP contribution in [-0.2, 0) is 9.59 Å². The third-order valence-electron chi connectivity index (χ3n) is 4.55. The molecule has 0 radical (unpaired) electrons. The van der Waals surface area contributed by atoms with Crippen LogP contribution in [0.15, 0.2) is 60.7 Å². The second kappa shape index (κ2) is 8.73. The second-order valence-electron chi connectivity index (χ2n) is 6.37. The van der Waals surface area contributed by atoms with E-state index in [2.05, 4.69) is 10.6 Å². The first-order chi connectivity index (χ1) is 13.1. The number of methoxy groups -OCH3 is 1. The lowest BCUT2D eigenvalue weighted by molar-refractivity contribution is -0.129. The Morgan fingerprint density at radius 1 is 0.926 bits per heavy atom. The molecule has 2 unspecified atom stereocenters. The number of carbonyl (C=O) groups excluding carboxylic acids is 2. The topological polar surface area (TPSA) is 67.4 Å². The zero-order valence-electron chi connectivity index (χ0n) is 14.9. The van der Waals surface area contributed by atoms with E-state index in [1.807, 2.05) is 12.2 Å². The average Bonchev–Trinajstić information content (AvgIpc) is 2.69. The first-order valence-corrected chi connectivity index (χ1v) is 9.11. The minimum absolute atomic E-state index is 0.174. The quantitative estimate of drug-likeness (QED) is 0.745. The van der Waals surface area contributed by atoms with Crippen LogP contribution in [0.25, 0.3) is 0 Å². The third-order valence-corrected chi connectivity index (χ3v) is 4.81. The summed E-state index contributed by atoms with van der Waals surface area (Å²) in [5, 5.41) is 6.37. The van der Waals surface area contributed by atoms with Gasteiger partial charge in [0, 0.05) is 22.5 Å². The van der Waals surface area contributed by atoms with Crippen LogP contribution in [-0.4, -0.2) is 18.9 Å². The summed E-state index contributed by atoms with van der Waals surface area (Å²) in [4.78, 5) is 25.5. The summed E-state index contributed by atoms with van der Waals surface area (Å²) in [5.74, 6) is -0.561. The predicted octanol–water partition coefficient (Wildman–Crippen LogP) is 4.51. The van der Waals surface area contributed by atoms with Gasteiger partial charge in [-0.05, 0) is 49.2 Å². The van der Waals surface area contributed by atoms with Gasteiger partial charge in [0.15, 0.2) is 0 Å². The number of hydrogen-bond acceptors (Lipinski definition) is 3. The Balaban J connectivity index is 1.70. The molecule has 2 aromatic carbocycles. The molecule has 1 aliphatic rings. The Labute approximate surface area is 163 Å². The van der Waals surface area contributed by atoms with Gasteiger partial charge in [-0.1, -0.05) is 29.8 Å². The monoisotopic (exact) mass is 384 g/mol. The minimum Gasteiger partial charge on any atom is -0.497 e. The molecular formula is C21H21ClN2O3. The first-order valence-electron chi connectivity index (χ1n) is 8.73. The van der Waals surface area contributed by atoms with Gasteiger partial charge in [-0.2, -0.15) is 0 Å². The van der Waals surface area contributed by atoms with E-state index in [0.29, 0.717) is 35.0 Å². The highest BCUT2D eigenvalue weighted by Crippen LogP contribution is 2.29. The van der Waals surface area contributed by atoms with Crippen molar-refractivity contribution in [2.24, 2.45) is 11.8 Å². The molecule has 0 saturated carbocycles. The van der Waals surface area contributed by atoms with Crippen molar-refractivity contribution in [3.05, 3.63) is 65.7 Å². The number of ether oxygens (including phenoxy) is 1. The lowest BCUT2D eigenvalue weighted by Crippen LogP contribution is -2.37. The molecule has 0 aromatic heterocycles. The lowest BCUT2D eigenvalue weighted by Gasteiger charge is -2.26. The van der Waals surface area contributed by atoms with Gasteiger partial charge in [0.1, 0.15) is 5.75 Å². The smallest absolute Gasteiger partial charge is 0.228 e. The van der Waals surface area contributed by atoms with Crippen LogP contribution in [0.2, 0.25) is 5.02 Å². The molecule has 0 fully saturated rings. The number of rotatable bonds is 5. The van der Waals surface area contributed by atoms with Gasteiger partial charge < -0.3 is 15.4 Å². The first kappa shape index (κ1) is 19.0. The number of allylic oxidation sites excluding steroid dienone is 2. The Morgan fingerprint density at radius 2 is 1.52 bits per heavy atom. The Bertz CT molecular complexity index is 849. The number of anilines is 2. The fourth-order valence-electron chi connectivity index (χ4n) is 3.10. The third kappa shape index (κ3) is 4.89. The standard InChI is InChI=1S/C21H21ClN2O3/c1-27-17-6-4-5-16(13-17)24-21(26)19-8-3-2-7-18(19)20(25)23-15-11-9-14(22)10-12-15/h2-6,9-13,18-19H,7-8H2,1H3,(H,23,25)(H,24,26). The number of nitrogens with one attached hydrogen (secondary N) is 2. The number of amides is 2. The van der Waals surface area contributed by atoms with Gasteiger partial charge in [0.2, 0.25) is 11.8 Å². The van der Waals surface area contributed by atoms with Gasteiger partial charge in [0.25, 0.3) is 0 Å². The summed E-state index contributed by atoms with van der Waals surface area (Å²) in [7, 11) is 1.57. The molecule has 1 aliphatic carbocycles. The van der Waals surface area contributed by atoms with Crippen LogP contribution in [0.3, 0.4) is 0 Å². The molecule has 5 nitrogen and oxygen atoms in total. The van der Waals surface area contributed by atoms with Crippen molar-refractivity contribution in [1.82, 2.24) is 0 Å². The molecular weight excluding hydrogens is 364 g/mol. The van der Waals surface area contributed by atoms with Crippen LogP contribution < -0.4 is 15.4 Å². The Kier molecular flexibility index (Phi) is 6.14. The molecule has 27 heavy (non-hydrogen) atoms. The van der Waals surface area contributed by atoms with E-state index in [1.165, 1.54) is 0 Å². The summed E-state index contributed by atoms with van der Waals surface area (Å²) < 4.78 is 5.18. The Morgan fingerprint density at radius 3 is 2.11 bits per heavy atom. The second-order valence-corrected chi connectivity index (χ2v) is 6.81. The van der Waals surface area contributed by atoms with E-state index in [1.54, 1.807) is 55.6 Å². The molecule has 3 rings (SSSR count). The zero-order valence-corrected chi connectivity index (χ0v) is 15.7. The van der Waals surface area contributed by atoms with E-state index >= 15 is 0 Å². The number of hydrogen-bond donors (Lipinski definition) is 2. The summed E-state index contributed by atoms with van der Waals surface area (Å²) >= 11 is 5.88. The van der Waals surface area contributed by atoms with Gasteiger partial charge >= 0.3 is 0 Å². The van der Waals surface area contributed by atoms with Gasteiger partial charge in [-0.3, -0.25) is 9.59 Å². The number of carbonyl (C=O) groups is 2. The fraction of sp³-hybridized carbons (Fsp3) is 0.238. The molecule has 6 heteroatoms. The normalized spacial score (nSPS) is 18.6. The van der Waals surface area contributed by atoms with Gasteiger partial charge in [-0.15, -0.1) is 0 Å². The van der Waals surface area contributed by atoms with Crippen molar-refractivity contribution in [3.63, 3.8) is 0 Å². The minimum atomic E-state index is -0.437. The molecule has 0 saturated heterocycles. The largest absolute Gasteiger partial charge is 0.497 e. The van der Waals surface area contributed by atoms with E-state index < -0.39 is 11.8 Å². The van der Waals surface area contributed by atoms with Crippen molar-refractivity contribution < 1.29 is 14.3 Å². The van der Waals surface area contributed by atoms with Crippen molar-refractivity contribution in [2.75, 3.05) is 17.7 Å². The van der Waals surface area contributed by atoms with Crippen LogP contribution in [0.1, 0.15) is 12.8 Å². The van der Waals surface area contributed by atoms with Crippen LogP contribution in [0.4, 0.5) is 11.4 Å². The maximum atomic E-state index is 12.8.